The van der Waals surface area contributed by atoms with Crippen LogP contribution >= 0.6 is 0 Å². The Morgan fingerprint density at radius 2 is 1.84 bits per heavy atom. The van der Waals surface area contributed by atoms with E-state index < -0.39 is 11.4 Å². The summed E-state index contributed by atoms with van der Waals surface area (Å²) in [6.45, 7) is 7.04. The largest absolute Gasteiger partial charge is 0.481 e. The predicted octanol–water partition coefficient (Wildman–Crippen LogP) is 1.09. The molecule has 2 unspecified atom stereocenters. The number of nitrogens with one attached hydrogen (secondary N) is 1. The van der Waals surface area contributed by atoms with Gasteiger partial charge in [-0.25, -0.2) is 0 Å². The lowest BCUT2D eigenvalue weighted by Crippen LogP contribution is -2.54. The van der Waals surface area contributed by atoms with Crippen molar-refractivity contribution in [3.63, 3.8) is 0 Å². The molecule has 0 aromatic heterocycles. The summed E-state index contributed by atoms with van der Waals surface area (Å²) in [7, 11) is 0. The maximum absolute atomic E-state index is 12.0. The van der Waals surface area contributed by atoms with Gasteiger partial charge in [-0.05, 0) is 19.3 Å². The predicted molar refractivity (Wildman–Crippen MR) is 71.7 cm³/mol. The Bertz CT molecular complexity index is 371. The average Bonchev–Trinajstić information content (AvgIpc) is 3.10. The van der Waals surface area contributed by atoms with E-state index in [0.717, 1.165) is 19.4 Å². The standard InChI is InChI=1S/C14H24N2O3/c1-14(2,3)13(19)15-10-6-9(12(17)18)7-16(8-10)11-4-5-11/h9-11H,4-8H2,1-3H3,(H,15,19)(H,17,18). The summed E-state index contributed by atoms with van der Waals surface area (Å²) in [6.07, 6.45) is 2.86. The molecule has 0 bridgehead atoms. The lowest BCUT2D eigenvalue weighted by molar-refractivity contribution is -0.145. The molecule has 1 aliphatic carbocycles. The topological polar surface area (TPSA) is 69.6 Å². The van der Waals surface area contributed by atoms with Crippen molar-refractivity contribution in [2.24, 2.45) is 11.3 Å². The molecule has 1 aliphatic heterocycles. The highest BCUT2D eigenvalue weighted by atomic mass is 16.4. The SMILES string of the molecule is CC(C)(C)C(=O)NC1CC(C(=O)O)CN(C2CC2)C1. The summed E-state index contributed by atoms with van der Waals surface area (Å²) >= 11 is 0. The number of amides is 1. The number of likely N-dealkylation sites (tertiary alicyclic amines) is 1. The molecule has 0 aromatic carbocycles. The number of rotatable bonds is 3. The maximum atomic E-state index is 12.0. The zero-order valence-electron chi connectivity index (χ0n) is 12.0. The monoisotopic (exact) mass is 268 g/mol. The first-order valence-corrected chi connectivity index (χ1v) is 7.05. The Balaban J connectivity index is 1.98. The fourth-order valence-corrected chi connectivity index (χ4v) is 2.56. The number of carboxylic acid groups (broad SMARTS) is 1. The molecule has 19 heavy (non-hydrogen) atoms. The maximum Gasteiger partial charge on any atom is 0.307 e. The Kier molecular flexibility index (Phi) is 3.85. The third kappa shape index (κ3) is 3.69. The van der Waals surface area contributed by atoms with Crippen molar-refractivity contribution >= 4 is 11.9 Å². The molecule has 108 valence electrons. The fraction of sp³-hybridized carbons (Fsp3) is 0.857. The van der Waals surface area contributed by atoms with Crippen LogP contribution in [0.15, 0.2) is 0 Å². The molecule has 1 saturated heterocycles. The van der Waals surface area contributed by atoms with Gasteiger partial charge in [0.2, 0.25) is 5.91 Å². The molecule has 2 atom stereocenters. The molecule has 0 radical (unpaired) electrons. The molecule has 5 heteroatoms. The highest BCUT2D eigenvalue weighted by molar-refractivity contribution is 5.81. The van der Waals surface area contributed by atoms with Crippen molar-refractivity contribution in [2.45, 2.75) is 52.1 Å². The number of carbonyl (C=O) groups excluding carboxylic acids is 1. The van der Waals surface area contributed by atoms with Crippen molar-refractivity contribution in [3.05, 3.63) is 0 Å². The Labute approximate surface area is 114 Å². The smallest absolute Gasteiger partial charge is 0.307 e. The van der Waals surface area contributed by atoms with Crippen LogP contribution < -0.4 is 5.32 Å². The van der Waals surface area contributed by atoms with Gasteiger partial charge in [0.15, 0.2) is 0 Å². The van der Waals surface area contributed by atoms with Crippen molar-refractivity contribution in [3.8, 4) is 0 Å². The Morgan fingerprint density at radius 1 is 1.21 bits per heavy atom. The first kappa shape index (κ1) is 14.3. The first-order valence-electron chi connectivity index (χ1n) is 7.05. The zero-order chi connectivity index (χ0) is 14.2. The second-order valence-electron chi connectivity index (χ2n) is 6.88. The summed E-state index contributed by atoms with van der Waals surface area (Å²) in [5.41, 5.74) is -0.430. The normalized spacial score (nSPS) is 29.0. The van der Waals surface area contributed by atoms with Crippen LogP contribution in [0.25, 0.3) is 0 Å². The van der Waals surface area contributed by atoms with Gasteiger partial charge in [0.05, 0.1) is 5.92 Å². The molecule has 1 saturated carbocycles. The van der Waals surface area contributed by atoms with E-state index in [9.17, 15) is 14.7 Å². The lowest BCUT2D eigenvalue weighted by atomic mass is 9.91. The summed E-state index contributed by atoms with van der Waals surface area (Å²) in [5.74, 6) is -1.11. The van der Waals surface area contributed by atoms with Gasteiger partial charge < -0.3 is 10.4 Å². The molecule has 2 rings (SSSR count). The van der Waals surface area contributed by atoms with E-state index in [2.05, 4.69) is 10.2 Å². The van der Waals surface area contributed by atoms with Crippen molar-refractivity contribution in [1.82, 2.24) is 10.2 Å². The molecule has 2 N–H and O–H groups in total. The molecule has 5 nitrogen and oxygen atoms in total. The lowest BCUT2D eigenvalue weighted by Gasteiger charge is -2.37. The van der Waals surface area contributed by atoms with E-state index in [1.54, 1.807) is 0 Å². The Hall–Kier alpha value is -1.10. The van der Waals surface area contributed by atoms with Crippen LogP contribution in [-0.2, 0) is 9.59 Å². The average molecular weight is 268 g/mol. The molecule has 1 amide bonds. The highest BCUT2D eigenvalue weighted by Crippen LogP contribution is 2.31. The van der Waals surface area contributed by atoms with Crippen molar-refractivity contribution in [2.75, 3.05) is 13.1 Å². The van der Waals surface area contributed by atoms with Gasteiger partial charge in [-0.3, -0.25) is 14.5 Å². The van der Waals surface area contributed by atoms with E-state index >= 15 is 0 Å². The van der Waals surface area contributed by atoms with Crippen LogP contribution in [0.5, 0.6) is 0 Å². The summed E-state index contributed by atoms with van der Waals surface area (Å²) in [6, 6.07) is 0.498. The van der Waals surface area contributed by atoms with Crippen molar-refractivity contribution < 1.29 is 14.7 Å². The van der Waals surface area contributed by atoms with Gasteiger partial charge in [-0.15, -0.1) is 0 Å². The molecule has 2 aliphatic rings. The third-order valence-corrected chi connectivity index (χ3v) is 3.91. The van der Waals surface area contributed by atoms with E-state index in [1.165, 1.54) is 0 Å². The fourth-order valence-electron chi connectivity index (χ4n) is 2.56. The Morgan fingerprint density at radius 3 is 2.32 bits per heavy atom. The molecule has 0 aromatic rings. The quantitative estimate of drug-likeness (QED) is 0.804. The van der Waals surface area contributed by atoms with Crippen LogP contribution in [0, 0.1) is 11.3 Å². The van der Waals surface area contributed by atoms with Gasteiger partial charge in [0, 0.05) is 30.6 Å². The van der Waals surface area contributed by atoms with Crippen LogP contribution in [0.3, 0.4) is 0 Å². The van der Waals surface area contributed by atoms with E-state index in [4.69, 9.17) is 0 Å². The number of hydrogen-bond donors (Lipinski definition) is 2. The zero-order valence-corrected chi connectivity index (χ0v) is 12.0. The second-order valence-corrected chi connectivity index (χ2v) is 6.88. The van der Waals surface area contributed by atoms with Gasteiger partial charge >= 0.3 is 5.97 Å². The highest BCUT2D eigenvalue weighted by Gasteiger charge is 2.39. The number of carboxylic acids is 1. The number of nitrogens with zero attached hydrogens (tertiary/aromatic N) is 1. The first-order chi connectivity index (χ1) is 8.77. The van der Waals surface area contributed by atoms with Gasteiger partial charge in [0.25, 0.3) is 0 Å². The summed E-state index contributed by atoms with van der Waals surface area (Å²) < 4.78 is 0. The minimum atomic E-state index is -0.750. The molecule has 2 fully saturated rings. The number of aliphatic carboxylic acids is 1. The van der Waals surface area contributed by atoms with Crippen LogP contribution in [-0.4, -0.2) is 47.1 Å². The van der Waals surface area contributed by atoms with Crippen molar-refractivity contribution in [1.29, 1.82) is 0 Å². The summed E-state index contributed by atoms with van der Waals surface area (Å²) in [5, 5.41) is 12.2. The van der Waals surface area contributed by atoms with E-state index in [1.807, 2.05) is 20.8 Å². The molecular formula is C14H24N2O3. The van der Waals surface area contributed by atoms with E-state index in [0.29, 0.717) is 19.0 Å². The molecular weight excluding hydrogens is 244 g/mol. The minimum absolute atomic E-state index is 0.000661. The van der Waals surface area contributed by atoms with Gasteiger partial charge in [-0.2, -0.15) is 0 Å². The molecule has 0 spiro atoms. The van der Waals surface area contributed by atoms with Crippen LogP contribution in [0.2, 0.25) is 0 Å². The van der Waals surface area contributed by atoms with Crippen LogP contribution in [0.4, 0.5) is 0 Å². The number of hydrogen-bond acceptors (Lipinski definition) is 3. The van der Waals surface area contributed by atoms with Crippen LogP contribution in [0.1, 0.15) is 40.0 Å². The minimum Gasteiger partial charge on any atom is -0.481 e. The second kappa shape index (κ2) is 5.12. The van der Waals surface area contributed by atoms with E-state index in [-0.39, 0.29) is 17.9 Å². The van der Waals surface area contributed by atoms with Gasteiger partial charge in [0.1, 0.15) is 0 Å². The number of piperidine rings is 1. The third-order valence-electron chi connectivity index (χ3n) is 3.91. The molecule has 1 heterocycles. The number of carbonyl (C=O) groups is 2. The van der Waals surface area contributed by atoms with Gasteiger partial charge in [-0.1, -0.05) is 20.8 Å². The summed E-state index contributed by atoms with van der Waals surface area (Å²) in [4.78, 5) is 25.5.